The molecule has 0 aromatic heterocycles. The minimum absolute atomic E-state index is 0.101. The highest BCUT2D eigenvalue weighted by Crippen LogP contribution is 2.28. The molecule has 0 bridgehead atoms. The molecule has 0 aromatic carbocycles. The van der Waals surface area contributed by atoms with Crippen molar-refractivity contribution in [2.24, 2.45) is 0 Å². The zero-order valence-electron chi connectivity index (χ0n) is 11.7. The van der Waals surface area contributed by atoms with E-state index in [1.165, 1.54) is 0 Å². The van der Waals surface area contributed by atoms with E-state index in [0.29, 0.717) is 13.0 Å². The average molecular weight is 256 g/mol. The molecular formula is C13H24N2O3. The maximum Gasteiger partial charge on any atom is 0.323 e. The molecule has 0 radical (unpaired) electrons. The highest BCUT2D eigenvalue weighted by atomic mass is 16.4. The molecule has 1 aliphatic heterocycles. The standard InChI is InChI=1S/C13H24N2O3/c1-5-12(2,3)14-10(16)9-15-8-6-7-13(15,4)11(17)18/h5-9H2,1-4H3,(H,14,16)(H,17,18). The molecule has 18 heavy (non-hydrogen) atoms. The fourth-order valence-corrected chi connectivity index (χ4v) is 2.19. The summed E-state index contributed by atoms with van der Waals surface area (Å²) in [6, 6.07) is 0. The summed E-state index contributed by atoms with van der Waals surface area (Å²) in [4.78, 5) is 25.0. The van der Waals surface area contributed by atoms with Gasteiger partial charge in [-0.1, -0.05) is 6.92 Å². The first-order valence-electron chi connectivity index (χ1n) is 6.51. The van der Waals surface area contributed by atoms with E-state index in [-0.39, 0.29) is 18.0 Å². The third kappa shape index (κ3) is 3.22. The first-order valence-corrected chi connectivity index (χ1v) is 6.51. The number of carbonyl (C=O) groups is 2. The lowest BCUT2D eigenvalue weighted by Gasteiger charge is -2.32. The summed E-state index contributed by atoms with van der Waals surface area (Å²) in [7, 11) is 0. The Kier molecular flexibility index (Phi) is 4.37. The van der Waals surface area contributed by atoms with Crippen molar-refractivity contribution in [1.82, 2.24) is 10.2 Å². The van der Waals surface area contributed by atoms with Crippen molar-refractivity contribution < 1.29 is 14.7 Å². The monoisotopic (exact) mass is 256 g/mol. The first kappa shape index (κ1) is 15.0. The molecule has 1 aliphatic rings. The van der Waals surface area contributed by atoms with Crippen LogP contribution in [-0.4, -0.2) is 46.1 Å². The van der Waals surface area contributed by atoms with Crippen LogP contribution in [0.3, 0.4) is 0 Å². The summed E-state index contributed by atoms with van der Waals surface area (Å²) in [5.74, 6) is -0.946. The number of nitrogens with one attached hydrogen (secondary N) is 1. The van der Waals surface area contributed by atoms with Gasteiger partial charge in [0.05, 0.1) is 6.54 Å². The van der Waals surface area contributed by atoms with E-state index in [2.05, 4.69) is 5.32 Å². The molecule has 1 atom stereocenters. The molecule has 1 rings (SSSR count). The Bertz CT molecular complexity index is 341. The molecule has 0 saturated carbocycles. The van der Waals surface area contributed by atoms with Gasteiger partial charge >= 0.3 is 5.97 Å². The lowest BCUT2D eigenvalue weighted by molar-refractivity contribution is -0.149. The van der Waals surface area contributed by atoms with E-state index in [4.69, 9.17) is 0 Å². The van der Waals surface area contributed by atoms with Crippen LogP contribution in [0.4, 0.5) is 0 Å². The van der Waals surface area contributed by atoms with Gasteiger partial charge in [0, 0.05) is 5.54 Å². The summed E-state index contributed by atoms with van der Waals surface area (Å²) >= 11 is 0. The number of hydrogen-bond donors (Lipinski definition) is 2. The number of carbonyl (C=O) groups excluding carboxylic acids is 1. The summed E-state index contributed by atoms with van der Waals surface area (Å²) < 4.78 is 0. The zero-order chi connectivity index (χ0) is 14.0. The van der Waals surface area contributed by atoms with E-state index in [1.807, 2.05) is 20.8 Å². The van der Waals surface area contributed by atoms with Crippen molar-refractivity contribution in [3.05, 3.63) is 0 Å². The van der Waals surface area contributed by atoms with Crippen LogP contribution in [-0.2, 0) is 9.59 Å². The summed E-state index contributed by atoms with van der Waals surface area (Å²) in [5, 5.41) is 12.2. The fraction of sp³-hybridized carbons (Fsp3) is 0.846. The lowest BCUT2D eigenvalue weighted by Crippen LogP contribution is -2.53. The summed E-state index contributed by atoms with van der Waals surface area (Å²) in [6.07, 6.45) is 2.27. The van der Waals surface area contributed by atoms with Crippen molar-refractivity contribution in [2.45, 2.75) is 58.0 Å². The molecule has 0 aliphatic carbocycles. The highest BCUT2D eigenvalue weighted by Gasteiger charge is 2.44. The van der Waals surface area contributed by atoms with Gasteiger partial charge in [0.25, 0.3) is 0 Å². The van der Waals surface area contributed by atoms with Crippen LogP contribution in [0, 0.1) is 0 Å². The number of nitrogens with zero attached hydrogens (tertiary/aromatic N) is 1. The predicted octanol–water partition coefficient (Wildman–Crippen LogP) is 1.23. The molecule has 1 heterocycles. The molecule has 5 heteroatoms. The highest BCUT2D eigenvalue weighted by molar-refractivity contribution is 5.82. The Balaban J connectivity index is 2.62. The molecule has 1 fully saturated rings. The van der Waals surface area contributed by atoms with Crippen molar-refractivity contribution in [2.75, 3.05) is 13.1 Å². The molecule has 0 aromatic rings. The predicted molar refractivity (Wildman–Crippen MR) is 69.4 cm³/mol. The van der Waals surface area contributed by atoms with Crippen LogP contribution in [0.5, 0.6) is 0 Å². The van der Waals surface area contributed by atoms with Gasteiger partial charge < -0.3 is 10.4 Å². The van der Waals surface area contributed by atoms with Crippen LogP contribution in [0.15, 0.2) is 0 Å². The third-order valence-corrected chi connectivity index (χ3v) is 3.95. The number of amides is 1. The Labute approximate surface area is 109 Å². The largest absolute Gasteiger partial charge is 0.480 e. The molecule has 104 valence electrons. The molecule has 1 saturated heterocycles. The fourth-order valence-electron chi connectivity index (χ4n) is 2.19. The molecule has 1 amide bonds. The van der Waals surface area contributed by atoms with E-state index < -0.39 is 11.5 Å². The smallest absolute Gasteiger partial charge is 0.323 e. The van der Waals surface area contributed by atoms with Gasteiger partial charge in [0.1, 0.15) is 5.54 Å². The van der Waals surface area contributed by atoms with Crippen LogP contribution >= 0.6 is 0 Å². The normalized spacial score (nSPS) is 25.1. The number of rotatable bonds is 5. The number of carboxylic acids is 1. The second-order valence-electron chi connectivity index (χ2n) is 5.89. The quantitative estimate of drug-likeness (QED) is 0.776. The van der Waals surface area contributed by atoms with Gasteiger partial charge in [-0.15, -0.1) is 0 Å². The maximum atomic E-state index is 11.9. The van der Waals surface area contributed by atoms with Gasteiger partial charge in [-0.25, -0.2) is 0 Å². The molecule has 0 spiro atoms. The van der Waals surface area contributed by atoms with Gasteiger partial charge in [0.2, 0.25) is 5.91 Å². The van der Waals surface area contributed by atoms with Crippen LogP contribution in [0.25, 0.3) is 0 Å². The van der Waals surface area contributed by atoms with Gasteiger partial charge in [-0.3, -0.25) is 14.5 Å². The Morgan fingerprint density at radius 3 is 2.56 bits per heavy atom. The van der Waals surface area contributed by atoms with Gasteiger partial charge in [0.15, 0.2) is 0 Å². The molecule has 1 unspecified atom stereocenters. The number of likely N-dealkylation sites (tertiary alicyclic amines) is 1. The van der Waals surface area contributed by atoms with E-state index in [9.17, 15) is 14.7 Å². The van der Waals surface area contributed by atoms with Crippen molar-refractivity contribution in [3.63, 3.8) is 0 Å². The van der Waals surface area contributed by atoms with Crippen molar-refractivity contribution in [3.8, 4) is 0 Å². The Hall–Kier alpha value is -1.10. The lowest BCUT2D eigenvalue weighted by atomic mass is 9.99. The zero-order valence-corrected chi connectivity index (χ0v) is 11.7. The summed E-state index contributed by atoms with van der Waals surface area (Å²) in [6.45, 7) is 8.46. The second kappa shape index (κ2) is 5.26. The number of hydrogen-bond acceptors (Lipinski definition) is 3. The third-order valence-electron chi connectivity index (χ3n) is 3.95. The molecule has 5 nitrogen and oxygen atoms in total. The van der Waals surface area contributed by atoms with Gasteiger partial charge in [-0.05, 0) is 46.6 Å². The number of carboxylic acid groups (broad SMARTS) is 1. The van der Waals surface area contributed by atoms with Crippen molar-refractivity contribution in [1.29, 1.82) is 0 Å². The van der Waals surface area contributed by atoms with E-state index in [0.717, 1.165) is 12.8 Å². The SMILES string of the molecule is CCC(C)(C)NC(=O)CN1CCCC1(C)C(=O)O. The van der Waals surface area contributed by atoms with Crippen molar-refractivity contribution >= 4 is 11.9 Å². The average Bonchev–Trinajstić information content (AvgIpc) is 2.61. The maximum absolute atomic E-state index is 11.9. The second-order valence-corrected chi connectivity index (χ2v) is 5.89. The van der Waals surface area contributed by atoms with E-state index in [1.54, 1.807) is 11.8 Å². The van der Waals surface area contributed by atoms with E-state index >= 15 is 0 Å². The van der Waals surface area contributed by atoms with Crippen LogP contribution in [0.2, 0.25) is 0 Å². The molecular weight excluding hydrogens is 232 g/mol. The topological polar surface area (TPSA) is 69.6 Å². The summed E-state index contributed by atoms with van der Waals surface area (Å²) in [5.41, 5.74) is -1.13. The number of aliphatic carboxylic acids is 1. The Morgan fingerprint density at radius 2 is 2.06 bits per heavy atom. The minimum atomic E-state index is -0.895. The van der Waals surface area contributed by atoms with Crippen LogP contribution < -0.4 is 5.32 Å². The Morgan fingerprint density at radius 1 is 1.44 bits per heavy atom. The van der Waals surface area contributed by atoms with Gasteiger partial charge in [-0.2, -0.15) is 0 Å². The minimum Gasteiger partial charge on any atom is -0.480 e. The molecule has 2 N–H and O–H groups in total. The first-order chi connectivity index (χ1) is 8.21. The van der Waals surface area contributed by atoms with Crippen LogP contribution in [0.1, 0.15) is 47.0 Å².